The first-order valence-electron chi connectivity index (χ1n) is 13.4. The summed E-state index contributed by atoms with van der Waals surface area (Å²) in [4.78, 5) is 23.7. The fraction of sp³-hybridized carbons (Fsp3) is 0.267. The van der Waals surface area contributed by atoms with Crippen LogP contribution in [0.15, 0.2) is 76.1 Å². The Hall–Kier alpha value is -4.33. The van der Waals surface area contributed by atoms with Crippen molar-refractivity contribution >= 4 is 35.6 Å². The standard InChI is InChI=1S/C30H34N4O7SSi/c1-19-20(2)32-41-29(19)33(18-43(4,5)6)42(38,39)26-13-8-7-10-23(26)21-14-16-22(17-15-21)28(31)27-24(30(35)40-3)11-9-12-25(27)34(36)37/h7-17,28H,18,31H2,1-6H3. The fourth-order valence-electron chi connectivity index (χ4n) is 4.75. The maximum atomic E-state index is 14.3. The molecule has 0 aliphatic heterocycles. The fourth-order valence-corrected chi connectivity index (χ4v) is 8.93. The quantitative estimate of drug-likeness (QED) is 0.100. The Labute approximate surface area is 251 Å². The summed E-state index contributed by atoms with van der Waals surface area (Å²) in [5.74, 6) is -0.549. The summed E-state index contributed by atoms with van der Waals surface area (Å²) in [6.07, 6.45) is 0.283. The lowest BCUT2D eigenvalue weighted by Crippen LogP contribution is -2.44. The molecule has 0 radical (unpaired) electrons. The number of carbonyl (C=O) groups is 1. The summed E-state index contributed by atoms with van der Waals surface area (Å²) >= 11 is 0. The van der Waals surface area contributed by atoms with E-state index in [1.54, 1.807) is 62.4 Å². The summed E-state index contributed by atoms with van der Waals surface area (Å²) in [5.41, 5.74) is 8.98. The third-order valence-corrected chi connectivity index (χ3v) is 10.3. The lowest BCUT2D eigenvalue weighted by atomic mass is 9.92. The molecule has 0 saturated carbocycles. The Morgan fingerprint density at radius 2 is 1.72 bits per heavy atom. The largest absolute Gasteiger partial charge is 0.465 e. The molecule has 1 atom stereocenters. The molecule has 0 saturated heterocycles. The van der Waals surface area contributed by atoms with Crippen LogP contribution in [-0.2, 0) is 14.8 Å². The van der Waals surface area contributed by atoms with Gasteiger partial charge < -0.3 is 15.0 Å². The molecule has 2 N–H and O–H groups in total. The van der Waals surface area contributed by atoms with E-state index in [-0.39, 0.29) is 33.8 Å². The topological polar surface area (TPSA) is 159 Å². The molecule has 43 heavy (non-hydrogen) atoms. The van der Waals surface area contributed by atoms with Gasteiger partial charge in [0.1, 0.15) is 0 Å². The number of hydrogen-bond donors (Lipinski definition) is 1. The Morgan fingerprint density at radius 1 is 1.07 bits per heavy atom. The van der Waals surface area contributed by atoms with Crippen molar-refractivity contribution in [3.8, 4) is 11.1 Å². The number of nitrogens with two attached hydrogens (primary N) is 1. The average Bonchev–Trinajstić information content (AvgIpc) is 3.31. The number of nitro groups is 1. The molecular formula is C30H34N4O7SSi. The third kappa shape index (κ3) is 6.38. The Kier molecular flexibility index (Phi) is 8.90. The molecule has 0 amide bonds. The van der Waals surface area contributed by atoms with Crippen molar-refractivity contribution in [1.82, 2.24) is 5.16 Å². The van der Waals surface area contributed by atoms with Gasteiger partial charge in [-0.2, -0.15) is 0 Å². The monoisotopic (exact) mass is 622 g/mol. The van der Waals surface area contributed by atoms with E-state index in [4.69, 9.17) is 15.0 Å². The van der Waals surface area contributed by atoms with E-state index in [0.29, 0.717) is 27.9 Å². The van der Waals surface area contributed by atoms with Crippen molar-refractivity contribution in [2.24, 2.45) is 5.73 Å². The number of carbonyl (C=O) groups excluding carboxylic acids is 1. The van der Waals surface area contributed by atoms with E-state index in [0.717, 1.165) is 0 Å². The van der Waals surface area contributed by atoms with Gasteiger partial charge in [0.15, 0.2) is 0 Å². The zero-order valence-corrected chi connectivity index (χ0v) is 26.6. The number of benzene rings is 3. The molecule has 4 aromatic rings. The van der Waals surface area contributed by atoms with Crippen LogP contribution in [0.3, 0.4) is 0 Å². The zero-order valence-electron chi connectivity index (χ0n) is 24.8. The van der Waals surface area contributed by atoms with Crippen LogP contribution in [0.1, 0.15) is 38.8 Å². The van der Waals surface area contributed by atoms with Crippen LogP contribution in [0.5, 0.6) is 0 Å². The van der Waals surface area contributed by atoms with E-state index in [9.17, 15) is 23.3 Å². The van der Waals surface area contributed by atoms with Gasteiger partial charge in [-0.1, -0.05) is 73.3 Å². The zero-order chi connectivity index (χ0) is 31.7. The third-order valence-electron chi connectivity index (χ3n) is 7.01. The van der Waals surface area contributed by atoms with Gasteiger partial charge in [0, 0.05) is 23.4 Å². The van der Waals surface area contributed by atoms with Crippen LogP contribution in [0.25, 0.3) is 11.1 Å². The smallest absolute Gasteiger partial charge is 0.338 e. The van der Waals surface area contributed by atoms with Crippen LogP contribution in [0.4, 0.5) is 11.6 Å². The molecule has 0 spiro atoms. The summed E-state index contributed by atoms with van der Waals surface area (Å²) in [6, 6.07) is 16.4. The molecule has 0 fully saturated rings. The Morgan fingerprint density at radius 3 is 2.28 bits per heavy atom. The highest BCUT2D eigenvalue weighted by molar-refractivity contribution is 7.93. The minimum Gasteiger partial charge on any atom is -0.465 e. The number of rotatable bonds is 10. The number of aryl methyl sites for hydroxylation is 1. The molecule has 0 aliphatic carbocycles. The van der Waals surface area contributed by atoms with Crippen molar-refractivity contribution in [1.29, 1.82) is 0 Å². The van der Waals surface area contributed by atoms with Crippen molar-refractivity contribution in [3.05, 3.63) is 105 Å². The second-order valence-corrected chi connectivity index (χ2v) is 18.6. The number of sulfonamides is 1. The van der Waals surface area contributed by atoms with Crippen LogP contribution < -0.4 is 10.0 Å². The molecule has 1 heterocycles. The first-order valence-corrected chi connectivity index (χ1v) is 18.6. The molecule has 3 aromatic carbocycles. The number of nitrogens with zero attached hydrogens (tertiary/aromatic N) is 3. The summed E-state index contributed by atoms with van der Waals surface area (Å²) in [6.45, 7) is 9.77. The van der Waals surface area contributed by atoms with E-state index in [2.05, 4.69) is 24.8 Å². The number of aromatic nitrogens is 1. The lowest BCUT2D eigenvalue weighted by Gasteiger charge is -2.29. The molecule has 1 unspecified atom stereocenters. The van der Waals surface area contributed by atoms with E-state index in [1.165, 1.54) is 29.6 Å². The highest BCUT2D eigenvalue weighted by Gasteiger charge is 2.35. The van der Waals surface area contributed by atoms with Crippen LogP contribution >= 0.6 is 0 Å². The molecule has 1 aromatic heterocycles. The van der Waals surface area contributed by atoms with Gasteiger partial charge in [0.2, 0.25) is 5.88 Å². The van der Waals surface area contributed by atoms with Crippen LogP contribution in [-0.4, -0.2) is 45.8 Å². The van der Waals surface area contributed by atoms with Gasteiger partial charge in [-0.25, -0.2) is 17.5 Å². The first kappa shape index (κ1) is 31.6. The van der Waals surface area contributed by atoms with Gasteiger partial charge in [-0.15, -0.1) is 0 Å². The average molecular weight is 623 g/mol. The van der Waals surface area contributed by atoms with Gasteiger partial charge in [0.05, 0.1) is 47.9 Å². The minimum absolute atomic E-state index is 0.00912. The molecular weight excluding hydrogens is 589 g/mol. The maximum Gasteiger partial charge on any atom is 0.338 e. The van der Waals surface area contributed by atoms with E-state index in [1.807, 2.05) is 0 Å². The number of ether oxygens (including phenoxy) is 1. The first-order chi connectivity index (χ1) is 20.2. The number of methoxy groups -OCH3 is 1. The second-order valence-electron chi connectivity index (χ2n) is 11.4. The lowest BCUT2D eigenvalue weighted by molar-refractivity contribution is -0.385. The molecule has 4 rings (SSSR count). The molecule has 0 bridgehead atoms. The molecule has 226 valence electrons. The maximum absolute atomic E-state index is 14.3. The normalized spacial score (nSPS) is 12.5. The SMILES string of the molecule is COC(=O)c1cccc([N+](=O)[O-])c1C(N)c1ccc(-c2ccccc2S(=O)(=O)N(C[Si](C)(C)C)c2onc(C)c2C)cc1. The molecule has 13 heteroatoms. The van der Waals surface area contributed by atoms with Gasteiger partial charge in [-0.3, -0.25) is 10.1 Å². The van der Waals surface area contributed by atoms with E-state index >= 15 is 0 Å². The molecule has 0 aliphatic rings. The van der Waals surface area contributed by atoms with Crippen LogP contribution in [0, 0.1) is 24.0 Å². The number of nitro benzene ring substituents is 1. The number of anilines is 1. The summed E-state index contributed by atoms with van der Waals surface area (Å²) in [5, 5.41) is 15.8. The van der Waals surface area contributed by atoms with Gasteiger partial charge in [0.25, 0.3) is 15.7 Å². The Balaban J connectivity index is 1.79. The number of esters is 1. The highest BCUT2D eigenvalue weighted by atomic mass is 32.2. The van der Waals surface area contributed by atoms with Crippen molar-refractivity contribution in [3.63, 3.8) is 0 Å². The summed E-state index contributed by atoms with van der Waals surface area (Å²) in [7, 11) is -4.88. The molecule has 11 nitrogen and oxygen atoms in total. The van der Waals surface area contributed by atoms with Crippen LogP contribution in [0.2, 0.25) is 19.6 Å². The van der Waals surface area contributed by atoms with E-state index < -0.39 is 35.0 Å². The van der Waals surface area contributed by atoms with Crippen molar-refractivity contribution in [2.45, 2.75) is 44.4 Å². The predicted octanol–water partition coefficient (Wildman–Crippen LogP) is 5.77. The predicted molar refractivity (Wildman–Crippen MR) is 166 cm³/mol. The summed E-state index contributed by atoms with van der Waals surface area (Å²) < 4.78 is 40.2. The minimum atomic E-state index is -4.09. The Bertz CT molecular complexity index is 1780. The second kappa shape index (κ2) is 12.1. The van der Waals surface area contributed by atoms with Crippen molar-refractivity contribution in [2.75, 3.05) is 17.6 Å². The highest BCUT2D eigenvalue weighted by Crippen LogP contribution is 2.36. The van der Waals surface area contributed by atoms with Crippen molar-refractivity contribution < 1.29 is 27.4 Å². The number of hydrogen-bond acceptors (Lipinski definition) is 9. The van der Waals surface area contributed by atoms with Gasteiger partial charge >= 0.3 is 5.97 Å². The van der Waals surface area contributed by atoms with Gasteiger partial charge in [-0.05, 0) is 37.1 Å².